The van der Waals surface area contributed by atoms with E-state index in [1.54, 1.807) is 0 Å². The van der Waals surface area contributed by atoms with Gasteiger partial charge in [0.15, 0.2) is 0 Å². The molecule has 2 heteroatoms. The first-order valence-corrected chi connectivity index (χ1v) is 6.80. The standard InChI is InChI=1S/C14H29NO/c1-11(2)15-9-7-12(3)14(5,13(15)4)8-6-10-16/h11-13,16H,6-10H2,1-5H3. The maximum Gasteiger partial charge on any atom is 0.0431 e. The molecule has 0 radical (unpaired) electrons. The molecular formula is C14H29NO. The van der Waals surface area contributed by atoms with Gasteiger partial charge >= 0.3 is 0 Å². The van der Waals surface area contributed by atoms with Gasteiger partial charge in [0.05, 0.1) is 0 Å². The van der Waals surface area contributed by atoms with Crippen LogP contribution in [0.2, 0.25) is 0 Å². The molecular weight excluding hydrogens is 198 g/mol. The van der Waals surface area contributed by atoms with Crippen molar-refractivity contribution in [3.8, 4) is 0 Å². The summed E-state index contributed by atoms with van der Waals surface area (Å²) in [6.45, 7) is 13.3. The minimum Gasteiger partial charge on any atom is -0.396 e. The monoisotopic (exact) mass is 227 g/mol. The number of aliphatic hydroxyl groups excluding tert-OH is 1. The summed E-state index contributed by atoms with van der Waals surface area (Å²) < 4.78 is 0. The zero-order valence-electron chi connectivity index (χ0n) is 11.7. The van der Waals surface area contributed by atoms with E-state index in [2.05, 4.69) is 39.5 Å². The van der Waals surface area contributed by atoms with E-state index in [9.17, 15) is 0 Å². The average Bonchev–Trinajstić information content (AvgIpc) is 2.23. The number of likely N-dealkylation sites (tertiary alicyclic amines) is 1. The SMILES string of the molecule is CC(C)N1CCC(C)C(C)(CCCO)C1C. The Bertz CT molecular complexity index is 217. The van der Waals surface area contributed by atoms with Gasteiger partial charge in [0.1, 0.15) is 0 Å². The van der Waals surface area contributed by atoms with E-state index >= 15 is 0 Å². The van der Waals surface area contributed by atoms with Crippen molar-refractivity contribution in [1.29, 1.82) is 0 Å². The highest BCUT2D eigenvalue weighted by Crippen LogP contribution is 2.44. The first kappa shape index (κ1) is 14.0. The van der Waals surface area contributed by atoms with Gasteiger partial charge in [-0.05, 0) is 57.9 Å². The summed E-state index contributed by atoms with van der Waals surface area (Å²) in [5.74, 6) is 0.768. The van der Waals surface area contributed by atoms with Gasteiger partial charge in [0.25, 0.3) is 0 Å². The fraction of sp³-hybridized carbons (Fsp3) is 1.00. The van der Waals surface area contributed by atoms with E-state index in [1.807, 2.05) is 0 Å². The van der Waals surface area contributed by atoms with Crippen molar-refractivity contribution in [2.24, 2.45) is 11.3 Å². The summed E-state index contributed by atoms with van der Waals surface area (Å²) >= 11 is 0. The quantitative estimate of drug-likeness (QED) is 0.798. The van der Waals surface area contributed by atoms with Crippen molar-refractivity contribution >= 4 is 0 Å². The molecule has 1 aliphatic rings. The van der Waals surface area contributed by atoms with Crippen LogP contribution in [-0.2, 0) is 0 Å². The fourth-order valence-corrected chi connectivity index (χ4v) is 3.28. The molecule has 0 aliphatic carbocycles. The van der Waals surface area contributed by atoms with Crippen molar-refractivity contribution in [2.45, 2.75) is 66.0 Å². The molecule has 1 aliphatic heterocycles. The Labute approximate surface area is 101 Å². The lowest BCUT2D eigenvalue weighted by Crippen LogP contribution is -2.55. The molecule has 1 rings (SSSR count). The Kier molecular flexibility index (Phi) is 4.81. The molecule has 16 heavy (non-hydrogen) atoms. The number of piperidine rings is 1. The van der Waals surface area contributed by atoms with Crippen LogP contribution >= 0.6 is 0 Å². The number of aliphatic hydroxyl groups is 1. The first-order valence-electron chi connectivity index (χ1n) is 6.80. The van der Waals surface area contributed by atoms with Gasteiger partial charge in [0.2, 0.25) is 0 Å². The Morgan fingerprint density at radius 3 is 2.50 bits per heavy atom. The summed E-state index contributed by atoms with van der Waals surface area (Å²) in [5.41, 5.74) is 0.366. The van der Waals surface area contributed by atoms with E-state index in [0.29, 0.717) is 24.1 Å². The zero-order chi connectivity index (χ0) is 12.3. The Balaban J connectivity index is 2.77. The van der Waals surface area contributed by atoms with Crippen molar-refractivity contribution in [2.75, 3.05) is 13.2 Å². The molecule has 3 unspecified atom stereocenters. The fourth-order valence-electron chi connectivity index (χ4n) is 3.28. The van der Waals surface area contributed by atoms with Crippen LogP contribution in [0, 0.1) is 11.3 Å². The summed E-state index contributed by atoms with van der Waals surface area (Å²) in [6, 6.07) is 1.26. The first-order chi connectivity index (χ1) is 7.43. The molecule has 0 aromatic heterocycles. The van der Waals surface area contributed by atoms with Gasteiger partial charge in [-0.1, -0.05) is 13.8 Å². The normalized spacial score (nSPS) is 36.9. The van der Waals surface area contributed by atoms with E-state index in [-0.39, 0.29) is 0 Å². The largest absolute Gasteiger partial charge is 0.396 e. The van der Waals surface area contributed by atoms with Gasteiger partial charge in [-0.2, -0.15) is 0 Å². The van der Waals surface area contributed by atoms with Gasteiger partial charge in [0, 0.05) is 18.7 Å². The smallest absolute Gasteiger partial charge is 0.0431 e. The highest BCUT2D eigenvalue weighted by atomic mass is 16.2. The number of hydrogen-bond acceptors (Lipinski definition) is 2. The second kappa shape index (κ2) is 5.50. The van der Waals surface area contributed by atoms with Crippen LogP contribution in [-0.4, -0.2) is 35.2 Å². The summed E-state index contributed by atoms with van der Waals surface area (Å²) in [7, 11) is 0. The zero-order valence-corrected chi connectivity index (χ0v) is 11.7. The lowest BCUT2D eigenvalue weighted by Gasteiger charge is -2.52. The van der Waals surface area contributed by atoms with Gasteiger partial charge < -0.3 is 5.11 Å². The number of nitrogens with zero attached hydrogens (tertiary/aromatic N) is 1. The van der Waals surface area contributed by atoms with Crippen LogP contribution in [0.3, 0.4) is 0 Å². The number of rotatable bonds is 4. The van der Waals surface area contributed by atoms with Gasteiger partial charge in [-0.25, -0.2) is 0 Å². The summed E-state index contributed by atoms with van der Waals surface area (Å²) in [6.07, 6.45) is 3.39. The third-order valence-electron chi connectivity index (χ3n) is 4.93. The van der Waals surface area contributed by atoms with Gasteiger partial charge in [-0.3, -0.25) is 4.90 Å². The second-order valence-corrected chi connectivity index (χ2v) is 6.03. The minimum absolute atomic E-state index is 0.330. The third kappa shape index (κ3) is 2.60. The van der Waals surface area contributed by atoms with Gasteiger partial charge in [-0.15, -0.1) is 0 Å². The second-order valence-electron chi connectivity index (χ2n) is 6.03. The molecule has 0 amide bonds. The van der Waals surface area contributed by atoms with Crippen molar-refractivity contribution in [3.05, 3.63) is 0 Å². The molecule has 0 spiro atoms. The third-order valence-corrected chi connectivity index (χ3v) is 4.93. The van der Waals surface area contributed by atoms with E-state index in [0.717, 1.165) is 18.8 Å². The molecule has 1 N–H and O–H groups in total. The van der Waals surface area contributed by atoms with E-state index < -0.39 is 0 Å². The Morgan fingerprint density at radius 2 is 2.00 bits per heavy atom. The van der Waals surface area contributed by atoms with Crippen LogP contribution in [0.4, 0.5) is 0 Å². The topological polar surface area (TPSA) is 23.5 Å². The van der Waals surface area contributed by atoms with E-state index in [4.69, 9.17) is 5.11 Å². The molecule has 1 fully saturated rings. The Hall–Kier alpha value is -0.0800. The van der Waals surface area contributed by atoms with Crippen LogP contribution in [0.5, 0.6) is 0 Å². The van der Waals surface area contributed by atoms with Crippen molar-refractivity contribution in [1.82, 2.24) is 4.90 Å². The molecule has 0 aromatic carbocycles. The molecule has 1 saturated heterocycles. The van der Waals surface area contributed by atoms with Crippen molar-refractivity contribution in [3.63, 3.8) is 0 Å². The Morgan fingerprint density at radius 1 is 1.38 bits per heavy atom. The molecule has 0 aromatic rings. The maximum atomic E-state index is 9.05. The number of hydrogen-bond donors (Lipinski definition) is 1. The molecule has 3 atom stereocenters. The van der Waals surface area contributed by atoms with Crippen LogP contribution in [0.25, 0.3) is 0 Å². The average molecular weight is 227 g/mol. The minimum atomic E-state index is 0.330. The highest BCUT2D eigenvalue weighted by Gasteiger charge is 2.43. The molecule has 0 saturated carbocycles. The lowest BCUT2D eigenvalue weighted by atomic mass is 9.65. The predicted octanol–water partition coefficient (Wildman–Crippen LogP) is 2.90. The summed E-state index contributed by atoms with van der Waals surface area (Å²) in [5, 5.41) is 9.05. The molecule has 96 valence electrons. The molecule has 0 bridgehead atoms. The van der Waals surface area contributed by atoms with E-state index in [1.165, 1.54) is 13.0 Å². The molecule has 1 heterocycles. The summed E-state index contributed by atoms with van der Waals surface area (Å²) in [4.78, 5) is 2.62. The van der Waals surface area contributed by atoms with Crippen LogP contribution < -0.4 is 0 Å². The lowest BCUT2D eigenvalue weighted by molar-refractivity contribution is -0.0330. The maximum absolute atomic E-state index is 9.05. The molecule has 2 nitrogen and oxygen atoms in total. The van der Waals surface area contributed by atoms with Crippen molar-refractivity contribution < 1.29 is 5.11 Å². The van der Waals surface area contributed by atoms with Crippen LogP contribution in [0.15, 0.2) is 0 Å². The van der Waals surface area contributed by atoms with Crippen LogP contribution in [0.1, 0.15) is 53.9 Å². The highest BCUT2D eigenvalue weighted by molar-refractivity contribution is 4.95. The predicted molar refractivity (Wildman–Crippen MR) is 69.5 cm³/mol.